The highest BCUT2D eigenvalue weighted by atomic mass is 16.4. The van der Waals surface area contributed by atoms with Gasteiger partial charge in [0.1, 0.15) is 6.04 Å². The minimum atomic E-state index is -0.891. The van der Waals surface area contributed by atoms with Gasteiger partial charge in [-0.05, 0) is 17.7 Å². The molecule has 0 aliphatic rings. The number of carboxylic acid groups (broad SMARTS) is 1. The quantitative estimate of drug-likeness (QED) is 0.874. The number of rotatable bonds is 5. The summed E-state index contributed by atoms with van der Waals surface area (Å²) in [5.41, 5.74) is 1.33. The molecule has 2 N–H and O–H groups in total. The maximum absolute atomic E-state index is 12.1. The summed E-state index contributed by atoms with van der Waals surface area (Å²) < 4.78 is 6.75. The predicted octanol–water partition coefficient (Wildman–Crippen LogP) is 2.11. The molecule has 2 aromatic rings. The van der Waals surface area contributed by atoms with Gasteiger partial charge < -0.3 is 10.4 Å². The first-order valence-electron chi connectivity index (χ1n) is 6.68. The fraction of sp³-hybridized carbons (Fsp3) is 0.125. The van der Waals surface area contributed by atoms with Crippen molar-refractivity contribution in [2.75, 3.05) is 0 Å². The van der Waals surface area contributed by atoms with Gasteiger partial charge in [0.25, 0.3) is 7.34 Å². The van der Waals surface area contributed by atoms with Crippen LogP contribution in [-0.4, -0.2) is 23.0 Å². The Bertz CT molecular complexity index is 601. The highest BCUT2D eigenvalue weighted by molar-refractivity contribution is 5.96. The highest BCUT2D eigenvalue weighted by Crippen LogP contribution is 2.05. The first-order valence-corrected chi connectivity index (χ1v) is 6.27. The summed E-state index contributed by atoms with van der Waals surface area (Å²) in [6.07, 6.45) is 0.275. The lowest BCUT2D eigenvalue weighted by Crippen LogP contribution is -2.42. The Labute approximate surface area is 118 Å². The van der Waals surface area contributed by atoms with Crippen LogP contribution in [0.5, 0.6) is 0 Å². The molecule has 0 aromatic heterocycles. The maximum Gasteiger partial charge on any atom is 0.326 e. The smallest absolute Gasteiger partial charge is 0.326 e. The Morgan fingerprint density at radius 1 is 1.05 bits per heavy atom. The van der Waals surface area contributed by atoms with Gasteiger partial charge in [-0.2, -0.15) is 0 Å². The average Bonchev–Trinajstić information content (AvgIpc) is 2.55. The number of hydrogen-bond acceptors (Lipinski definition) is 3. The fourth-order valence-electron chi connectivity index (χ4n) is 1.87. The lowest BCUT2D eigenvalue weighted by Gasteiger charge is -2.14. The lowest BCUT2D eigenvalue weighted by atomic mass is 10.1. The van der Waals surface area contributed by atoms with E-state index in [9.17, 15) is 9.59 Å². The number of aliphatic carboxylic acids is 1. The molecule has 1 atom stereocenters. The molecule has 0 saturated carbocycles. The van der Waals surface area contributed by atoms with E-state index in [0.29, 0.717) is 5.56 Å². The number of amides is 1. The first-order chi connectivity index (χ1) is 10.2. The van der Waals surface area contributed by atoms with Crippen LogP contribution >= 0.6 is 0 Å². The molecule has 20 heavy (non-hydrogen) atoms. The Morgan fingerprint density at radius 2 is 1.65 bits per heavy atom. The number of nitrogens with one attached hydrogen (secondary N) is 1. The molecule has 0 bridgehead atoms. The van der Waals surface area contributed by atoms with E-state index in [-0.39, 0.29) is 12.3 Å². The van der Waals surface area contributed by atoms with E-state index < -0.39 is 12.0 Å². The van der Waals surface area contributed by atoms with Crippen LogP contribution in [0.15, 0.2) is 60.7 Å². The average molecular weight is 270 g/mol. The van der Waals surface area contributed by atoms with Crippen LogP contribution in [-0.2, 0) is 11.2 Å². The van der Waals surface area contributed by atoms with Gasteiger partial charge in [-0.25, -0.2) is 4.79 Å². The number of carbonyl (C=O) groups excluding carboxylic acids is 1. The molecule has 0 aliphatic heterocycles. The summed E-state index contributed by atoms with van der Waals surface area (Å²) in [6, 6.07) is 16.9. The maximum atomic E-state index is 12.1. The monoisotopic (exact) mass is 270 g/mol. The molecule has 102 valence electrons. The molecule has 0 saturated heterocycles. The second kappa shape index (κ2) is 6.52. The van der Waals surface area contributed by atoms with Gasteiger partial charge in [-0.1, -0.05) is 48.5 Å². The standard InChI is InChI=1S/C16H15NO3/c18-15(13-9-5-2-6-10-13)17-14(16(19)20)11-12-7-3-1-4-8-12/h1-10,14H,11H2,(H,17,18)(H,19,20)/t14-/m0/s1/i/hD. The molecule has 2 aromatic carbocycles. The van der Waals surface area contributed by atoms with Crippen molar-refractivity contribution in [1.82, 2.24) is 5.32 Å². The first kappa shape index (κ1) is 12.4. The van der Waals surface area contributed by atoms with E-state index in [1.54, 1.807) is 30.3 Å². The van der Waals surface area contributed by atoms with Gasteiger partial charge >= 0.3 is 5.97 Å². The molecule has 1 amide bonds. The molecular weight excluding hydrogens is 254 g/mol. The van der Waals surface area contributed by atoms with Crippen molar-refractivity contribution in [3.63, 3.8) is 0 Å². The molecular formula is C16H15NO3. The van der Waals surface area contributed by atoms with Gasteiger partial charge in [0.15, 0.2) is 0 Å². The Kier molecular flexibility index (Phi) is 4.05. The van der Waals surface area contributed by atoms with Gasteiger partial charge in [0, 0.05) is 12.0 Å². The zero-order valence-corrected chi connectivity index (χ0v) is 10.8. The van der Waals surface area contributed by atoms with Crippen molar-refractivity contribution >= 4 is 11.9 Å². The van der Waals surface area contributed by atoms with Crippen LogP contribution in [0.25, 0.3) is 1.43 Å². The number of carbonyl (C=O) groups is 2. The molecule has 4 heteroatoms. The highest BCUT2D eigenvalue weighted by Gasteiger charge is 2.20. The summed E-state index contributed by atoms with van der Waals surface area (Å²) >= 11 is 0. The van der Waals surface area contributed by atoms with Crippen molar-refractivity contribution in [2.24, 2.45) is 0 Å². The van der Waals surface area contributed by atoms with Crippen molar-refractivity contribution < 1.29 is 14.7 Å². The molecule has 0 aliphatic carbocycles. The minimum absolute atomic E-state index is 0.275. The van der Waals surface area contributed by atoms with Crippen LogP contribution in [0.4, 0.5) is 0 Å². The third kappa shape index (κ3) is 3.68. The van der Waals surface area contributed by atoms with Crippen molar-refractivity contribution in [3.05, 3.63) is 71.8 Å². The van der Waals surface area contributed by atoms with E-state index in [2.05, 4.69) is 10.4 Å². The second-order valence-corrected chi connectivity index (χ2v) is 4.40. The van der Waals surface area contributed by atoms with Crippen LogP contribution < -0.4 is 5.32 Å². The summed E-state index contributed by atoms with van der Waals surface area (Å²) in [4.78, 5) is 23.7. The Balaban J connectivity index is 2.10. The van der Waals surface area contributed by atoms with Crippen LogP contribution in [0.1, 0.15) is 15.9 Å². The topological polar surface area (TPSA) is 66.4 Å². The van der Waals surface area contributed by atoms with E-state index in [1.807, 2.05) is 30.3 Å². The SMILES string of the molecule is [2H]OC(=O)[C@H](Cc1ccccc1)NC(=O)c1ccccc1. The molecule has 0 unspecified atom stereocenters. The molecule has 0 radical (unpaired) electrons. The Morgan fingerprint density at radius 3 is 2.25 bits per heavy atom. The van der Waals surface area contributed by atoms with Crippen molar-refractivity contribution in [3.8, 4) is 0 Å². The van der Waals surface area contributed by atoms with Crippen LogP contribution in [0.2, 0.25) is 0 Å². The summed E-state index contributed by atoms with van der Waals surface area (Å²) in [5, 5.41) is 6.62. The number of benzene rings is 2. The van der Waals surface area contributed by atoms with Gasteiger partial charge in [-0.3, -0.25) is 4.79 Å². The van der Waals surface area contributed by atoms with E-state index in [4.69, 9.17) is 1.43 Å². The normalized spacial score (nSPS) is 12.1. The van der Waals surface area contributed by atoms with Gasteiger partial charge in [-0.15, -0.1) is 0 Å². The minimum Gasteiger partial charge on any atom is -0.480 e. The Hall–Kier alpha value is -2.62. The molecule has 2 rings (SSSR count). The largest absolute Gasteiger partial charge is 0.480 e. The third-order valence-corrected chi connectivity index (χ3v) is 2.91. The number of carboxylic acids is 1. The molecule has 0 fully saturated rings. The zero-order chi connectivity index (χ0) is 15.1. The fourth-order valence-corrected chi connectivity index (χ4v) is 1.87. The molecule has 0 heterocycles. The van der Waals surface area contributed by atoms with Gasteiger partial charge in [0.05, 0.1) is 0 Å². The number of hydrogen-bond donors (Lipinski definition) is 2. The summed E-state index contributed by atoms with van der Waals surface area (Å²) in [6.45, 7) is 0. The summed E-state index contributed by atoms with van der Waals surface area (Å²) in [5.74, 6) is -1.16. The molecule has 4 nitrogen and oxygen atoms in total. The van der Waals surface area contributed by atoms with E-state index in [1.165, 1.54) is 0 Å². The predicted molar refractivity (Wildman–Crippen MR) is 75.5 cm³/mol. The van der Waals surface area contributed by atoms with E-state index in [0.717, 1.165) is 5.56 Å². The molecule has 0 spiro atoms. The lowest BCUT2D eigenvalue weighted by molar-refractivity contribution is -0.139. The van der Waals surface area contributed by atoms with E-state index >= 15 is 0 Å². The van der Waals surface area contributed by atoms with Gasteiger partial charge in [0.2, 0.25) is 0 Å². The van der Waals surface area contributed by atoms with Crippen LogP contribution in [0, 0.1) is 0 Å². The van der Waals surface area contributed by atoms with Crippen molar-refractivity contribution in [2.45, 2.75) is 12.5 Å². The summed E-state index contributed by atoms with van der Waals surface area (Å²) in [7, 11) is 0. The third-order valence-electron chi connectivity index (χ3n) is 2.91. The zero-order valence-electron chi connectivity index (χ0n) is 11.8. The van der Waals surface area contributed by atoms with Crippen molar-refractivity contribution in [1.29, 1.82) is 1.43 Å². The second-order valence-electron chi connectivity index (χ2n) is 4.40. The van der Waals surface area contributed by atoms with Crippen LogP contribution in [0.3, 0.4) is 0 Å².